The van der Waals surface area contributed by atoms with E-state index in [1.165, 1.54) is 19.3 Å². The van der Waals surface area contributed by atoms with Crippen molar-refractivity contribution in [1.82, 2.24) is 10.2 Å². The molecule has 1 fully saturated rings. The molecular formula is C14H27N3. The van der Waals surface area contributed by atoms with Crippen LogP contribution in [-0.4, -0.2) is 36.6 Å². The van der Waals surface area contributed by atoms with Crippen LogP contribution < -0.4 is 5.32 Å². The highest BCUT2D eigenvalue weighted by Crippen LogP contribution is 2.31. The van der Waals surface area contributed by atoms with Crippen molar-refractivity contribution in [2.45, 2.75) is 70.0 Å². The maximum atomic E-state index is 9.36. The van der Waals surface area contributed by atoms with E-state index in [1.54, 1.807) is 0 Å². The molecule has 0 radical (unpaired) electrons. The second kappa shape index (κ2) is 6.37. The lowest BCUT2D eigenvalue weighted by atomic mass is 9.79. The van der Waals surface area contributed by atoms with Crippen LogP contribution in [0.2, 0.25) is 0 Å². The van der Waals surface area contributed by atoms with E-state index in [-0.39, 0.29) is 5.54 Å². The molecule has 0 aromatic heterocycles. The van der Waals surface area contributed by atoms with E-state index in [1.807, 2.05) is 7.05 Å². The van der Waals surface area contributed by atoms with Gasteiger partial charge < -0.3 is 10.2 Å². The van der Waals surface area contributed by atoms with Crippen molar-refractivity contribution in [3.63, 3.8) is 0 Å². The third-order valence-corrected chi connectivity index (χ3v) is 4.51. The van der Waals surface area contributed by atoms with Crippen molar-refractivity contribution in [2.75, 3.05) is 14.1 Å². The number of hydrogen-bond acceptors (Lipinski definition) is 3. The molecular weight excluding hydrogens is 210 g/mol. The molecule has 0 heterocycles. The van der Waals surface area contributed by atoms with Crippen LogP contribution in [0.3, 0.4) is 0 Å². The van der Waals surface area contributed by atoms with Gasteiger partial charge in [0.25, 0.3) is 0 Å². The van der Waals surface area contributed by atoms with Gasteiger partial charge in [-0.3, -0.25) is 0 Å². The average Bonchev–Trinajstić information content (AvgIpc) is 2.40. The summed E-state index contributed by atoms with van der Waals surface area (Å²) in [6, 6.07) is 3.70. The largest absolute Gasteiger partial charge is 0.302 e. The maximum Gasteiger partial charge on any atom is 0.108 e. The summed E-state index contributed by atoms with van der Waals surface area (Å²) in [4.78, 5) is 2.50. The first kappa shape index (κ1) is 14.5. The van der Waals surface area contributed by atoms with E-state index in [0.29, 0.717) is 12.1 Å². The van der Waals surface area contributed by atoms with Gasteiger partial charge in [-0.05, 0) is 52.6 Å². The fraction of sp³-hybridized carbons (Fsp3) is 0.929. The van der Waals surface area contributed by atoms with Gasteiger partial charge in [0.1, 0.15) is 5.54 Å². The Hall–Kier alpha value is -0.590. The Bertz CT molecular complexity index is 267. The maximum absolute atomic E-state index is 9.36. The minimum atomic E-state index is -0.288. The minimum absolute atomic E-state index is 0.288. The van der Waals surface area contributed by atoms with Crippen molar-refractivity contribution < 1.29 is 0 Å². The van der Waals surface area contributed by atoms with Gasteiger partial charge in [-0.2, -0.15) is 5.26 Å². The van der Waals surface area contributed by atoms with E-state index < -0.39 is 0 Å². The number of nitrogens with zero attached hydrogens (tertiary/aromatic N) is 2. The van der Waals surface area contributed by atoms with Crippen molar-refractivity contribution in [1.29, 1.82) is 5.26 Å². The Morgan fingerprint density at radius 3 is 2.59 bits per heavy atom. The molecule has 0 saturated heterocycles. The summed E-state index contributed by atoms with van der Waals surface area (Å²) in [6.07, 6.45) is 6.74. The molecule has 3 heteroatoms. The highest BCUT2D eigenvalue weighted by Gasteiger charge is 2.37. The Morgan fingerprint density at radius 2 is 2.12 bits per heavy atom. The van der Waals surface area contributed by atoms with E-state index in [2.05, 4.69) is 37.2 Å². The van der Waals surface area contributed by atoms with Gasteiger partial charge in [0.15, 0.2) is 0 Å². The molecule has 0 spiro atoms. The van der Waals surface area contributed by atoms with Crippen LogP contribution in [-0.2, 0) is 0 Å². The van der Waals surface area contributed by atoms with Gasteiger partial charge in [0.2, 0.25) is 0 Å². The van der Waals surface area contributed by atoms with Crippen molar-refractivity contribution in [3.05, 3.63) is 0 Å². The first-order valence-electron chi connectivity index (χ1n) is 6.94. The molecule has 1 rings (SSSR count). The van der Waals surface area contributed by atoms with Crippen LogP contribution in [0.1, 0.15) is 52.4 Å². The van der Waals surface area contributed by atoms with Gasteiger partial charge in [0, 0.05) is 12.1 Å². The predicted molar refractivity (Wildman–Crippen MR) is 71.8 cm³/mol. The van der Waals surface area contributed by atoms with Crippen molar-refractivity contribution in [3.8, 4) is 6.07 Å². The molecule has 2 atom stereocenters. The fourth-order valence-corrected chi connectivity index (χ4v) is 3.14. The average molecular weight is 237 g/mol. The second-order valence-corrected chi connectivity index (χ2v) is 5.33. The molecule has 1 saturated carbocycles. The molecule has 0 aromatic rings. The lowest BCUT2D eigenvalue weighted by molar-refractivity contribution is 0.103. The topological polar surface area (TPSA) is 39.1 Å². The van der Waals surface area contributed by atoms with Gasteiger partial charge in [-0.1, -0.05) is 13.8 Å². The lowest BCUT2D eigenvalue weighted by Gasteiger charge is -2.42. The third-order valence-electron chi connectivity index (χ3n) is 4.51. The summed E-state index contributed by atoms with van der Waals surface area (Å²) in [5.41, 5.74) is -0.288. The standard InChI is InChI=1S/C14H27N3/c1-5-12(6-2)17(4)13-8-7-9-14(10-13,11-15)16-3/h12-13,16H,5-10H2,1-4H3. The molecule has 98 valence electrons. The summed E-state index contributed by atoms with van der Waals surface area (Å²) < 4.78 is 0. The highest BCUT2D eigenvalue weighted by molar-refractivity contribution is 5.10. The number of nitriles is 1. The predicted octanol–water partition coefficient (Wildman–Crippen LogP) is 2.53. The van der Waals surface area contributed by atoms with Crippen molar-refractivity contribution in [2.24, 2.45) is 0 Å². The van der Waals surface area contributed by atoms with Crippen LogP contribution >= 0.6 is 0 Å². The normalized spacial score (nSPS) is 29.6. The number of hydrogen-bond donors (Lipinski definition) is 1. The molecule has 0 amide bonds. The van der Waals surface area contributed by atoms with Crippen LogP contribution in [0.4, 0.5) is 0 Å². The zero-order valence-corrected chi connectivity index (χ0v) is 11.8. The second-order valence-electron chi connectivity index (χ2n) is 5.33. The molecule has 1 aliphatic rings. The molecule has 3 nitrogen and oxygen atoms in total. The van der Waals surface area contributed by atoms with Crippen molar-refractivity contribution >= 4 is 0 Å². The van der Waals surface area contributed by atoms with Gasteiger partial charge >= 0.3 is 0 Å². The SMILES string of the molecule is CCC(CC)N(C)C1CCCC(C#N)(NC)C1. The molecule has 17 heavy (non-hydrogen) atoms. The minimum Gasteiger partial charge on any atom is -0.302 e. The molecule has 2 unspecified atom stereocenters. The fourth-order valence-electron chi connectivity index (χ4n) is 3.14. The molecule has 0 aromatic carbocycles. The monoisotopic (exact) mass is 237 g/mol. The number of rotatable bonds is 5. The van der Waals surface area contributed by atoms with E-state index in [9.17, 15) is 5.26 Å². The van der Waals surface area contributed by atoms with E-state index >= 15 is 0 Å². The smallest absolute Gasteiger partial charge is 0.108 e. The van der Waals surface area contributed by atoms with Crippen LogP contribution in [0.15, 0.2) is 0 Å². The summed E-state index contributed by atoms with van der Waals surface area (Å²) >= 11 is 0. The van der Waals surface area contributed by atoms with Crippen LogP contribution in [0, 0.1) is 11.3 Å². The van der Waals surface area contributed by atoms with Gasteiger partial charge in [-0.15, -0.1) is 0 Å². The Labute approximate surface area is 106 Å². The Balaban J connectivity index is 2.69. The number of nitrogens with one attached hydrogen (secondary N) is 1. The van der Waals surface area contributed by atoms with Crippen LogP contribution in [0.5, 0.6) is 0 Å². The summed E-state index contributed by atoms with van der Waals surface area (Å²) in [7, 11) is 4.15. The first-order valence-corrected chi connectivity index (χ1v) is 6.94. The third kappa shape index (κ3) is 3.20. The quantitative estimate of drug-likeness (QED) is 0.798. The van der Waals surface area contributed by atoms with E-state index in [4.69, 9.17) is 0 Å². The van der Waals surface area contributed by atoms with Crippen LogP contribution in [0.25, 0.3) is 0 Å². The lowest BCUT2D eigenvalue weighted by Crippen LogP contribution is -2.52. The Morgan fingerprint density at radius 1 is 1.47 bits per heavy atom. The highest BCUT2D eigenvalue weighted by atomic mass is 15.2. The molecule has 0 aliphatic heterocycles. The van der Waals surface area contributed by atoms with E-state index in [0.717, 1.165) is 19.3 Å². The summed E-state index contributed by atoms with van der Waals surface area (Å²) in [5.74, 6) is 0. The summed E-state index contributed by atoms with van der Waals surface area (Å²) in [6.45, 7) is 4.51. The summed E-state index contributed by atoms with van der Waals surface area (Å²) in [5, 5.41) is 12.6. The van der Waals surface area contributed by atoms with Gasteiger partial charge in [0.05, 0.1) is 6.07 Å². The molecule has 1 N–H and O–H groups in total. The molecule has 1 aliphatic carbocycles. The zero-order chi connectivity index (χ0) is 12.9. The van der Waals surface area contributed by atoms with Gasteiger partial charge in [-0.25, -0.2) is 0 Å². The zero-order valence-electron chi connectivity index (χ0n) is 11.8. The Kier molecular flexibility index (Phi) is 5.42. The first-order chi connectivity index (χ1) is 8.12. The molecule has 0 bridgehead atoms.